The highest BCUT2D eigenvalue weighted by Gasteiger charge is 2.57. The minimum absolute atomic E-state index is 0.359. The maximum absolute atomic E-state index is 11.1. The van der Waals surface area contributed by atoms with Crippen molar-refractivity contribution in [3.63, 3.8) is 0 Å². The lowest BCUT2D eigenvalue weighted by atomic mass is 10.0. The highest BCUT2D eigenvalue weighted by molar-refractivity contribution is 7.94. The second-order valence-corrected chi connectivity index (χ2v) is 4.63. The Morgan fingerprint density at radius 3 is 1.91 bits per heavy atom. The van der Waals surface area contributed by atoms with Gasteiger partial charge in [0.1, 0.15) is 0 Å². The molecule has 1 saturated heterocycles. The van der Waals surface area contributed by atoms with Gasteiger partial charge >= 0.3 is 0 Å². The molecule has 0 spiro atoms. The molecule has 1 heterocycles. The zero-order valence-electron chi connectivity index (χ0n) is 6.55. The standard InChI is InChI=1S/C6H11NO3S/c1-3-6(4-2)5(8)7-11(6,9)10/h3-4H2,1-2H3,(H,7,8). The van der Waals surface area contributed by atoms with Gasteiger partial charge in [0.05, 0.1) is 0 Å². The van der Waals surface area contributed by atoms with Gasteiger partial charge < -0.3 is 0 Å². The van der Waals surface area contributed by atoms with E-state index in [0.29, 0.717) is 12.8 Å². The van der Waals surface area contributed by atoms with E-state index in [9.17, 15) is 13.2 Å². The average Bonchev–Trinajstić information content (AvgIpc) is 1.88. The zero-order valence-corrected chi connectivity index (χ0v) is 7.36. The number of rotatable bonds is 2. The van der Waals surface area contributed by atoms with Crippen molar-refractivity contribution in [3.05, 3.63) is 0 Å². The highest BCUT2D eigenvalue weighted by atomic mass is 32.2. The molecule has 0 radical (unpaired) electrons. The number of amides is 1. The molecule has 1 aliphatic rings. The molecule has 1 fully saturated rings. The molecule has 0 aromatic heterocycles. The summed E-state index contributed by atoms with van der Waals surface area (Å²) < 4.78 is 23.0. The van der Waals surface area contributed by atoms with Crippen molar-refractivity contribution in [2.24, 2.45) is 0 Å². The summed E-state index contributed by atoms with van der Waals surface area (Å²) in [6.45, 7) is 3.42. The van der Waals surface area contributed by atoms with Crippen molar-refractivity contribution < 1.29 is 13.2 Å². The third-order valence-electron chi connectivity index (χ3n) is 2.30. The summed E-state index contributed by atoms with van der Waals surface area (Å²) in [6, 6.07) is 0. The monoisotopic (exact) mass is 177 g/mol. The summed E-state index contributed by atoms with van der Waals surface area (Å²) in [5.41, 5.74) is 0. The van der Waals surface area contributed by atoms with E-state index in [-0.39, 0.29) is 5.91 Å². The summed E-state index contributed by atoms with van der Waals surface area (Å²) >= 11 is 0. The van der Waals surface area contributed by atoms with Crippen LogP contribution in [0, 0.1) is 0 Å². The van der Waals surface area contributed by atoms with Crippen LogP contribution in [0.2, 0.25) is 0 Å². The van der Waals surface area contributed by atoms with Gasteiger partial charge in [-0.15, -0.1) is 0 Å². The van der Waals surface area contributed by atoms with Crippen LogP contribution in [-0.2, 0) is 14.8 Å². The first-order valence-corrected chi connectivity index (χ1v) is 5.05. The summed E-state index contributed by atoms with van der Waals surface area (Å²) in [4.78, 5) is 10.9. The Balaban J connectivity index is 3.08. The quantitative estimate of drug-likeness (QED) is 0.646. The van der Waals surface area contributed by atoms with Crippen LogP contribution >= 0.6 is 0 Å². The van der Waals surface area contributed by atoms with Crippen LogP contribution in [0.25, 0.3) is 0 Å². The van der Waals surface area contributed by atoms with Gasteiger partial charge in [-0.3, -0.25) is 9.52 Å². The van der Waals surface area contributed by atoms with E-state index in [1.807, 2.05) is 4.72 Å². The number of hydrogen-bond donors (Lipinski definition) is 1. The number of hydrogen-bond acceptors (Lipinski definition) is 3. The second kappa shape index (κ2) is 2.20. The fourth-order valence-corrected chi connectivity index (χ4v) is 2.88. The van der Waals surface area contributed by atoms with Crippen LogP contribution in [0.4, 0.5) is 0 Å². The first-order chi connectivity index (χ1) is 5.00. The first-order valence-electron chi connectivity index (χ1n) is 3.57. The fourth-order valence-electron chi connectivity index (χ4n) is 1.34. The van der Waals surface area contributed by atoms with Crippen LogP contribution in [0.5, 0.6) is 0 Å². The Morgan fingerprint density at radius 1 is 1.36 bits per heavy atom. The smallest absolute Gasteiger partial charge is 0.256 e. The molecule has 11 heavy (non-hydrogen) atoms. The lowest BCUT2D eigenvalue weighted by molar-refractivity contribution is -0.124. The molecular formula is C6H11NO3S. The van der Waals surface area contributed by atoms with E-state index < -0.39 is 14.8 Å². The fraction of sp³-hybridized carbons (Fsp3) is 0.833. The minimum Gasteiger partial charge on any atom is -0.272 e. The van der Waals surface area contributed by atoms with Crippen molar-refractivity contribution in [1.29, 1.82) is 0 Å². The molecule has 0 aliphatic carbocycles. The maximum Gasteiger partial charge on any atom is 0.256 e. The maximum atomic E-state index is 11.1. The third-order valence-corrected chi connectivity index (χ3v) is 4.54. The number of carbonyl (C=O) groups is 1. The van der Waals surface area contributed by atoms with Gasteiger partial charge in [-0.25, -0.2) is 8.42 Å². The molecule has 1 amide bonds. The molecule has 0 unspecified atom stereocenters. The molecule has 64 valence electrons. The lowest BCUT2D eigenvalue weighted by Crippen LogP contribution is -2.67. The van der Waals surface area contributed by atoms with Crippen molar-refractivity contribution in [2.45, 2.75) is 31.4 Å². The predicted molar refractivity (Wildman–Crippen MR) is 40.4 cm³/mol. The van der Waals surface area contributed by atoms with Gasteiger partial charge in [0, 0.05) is 0 Å². The van der Waals surface area contributed by atoms with Gasteiger partial charge in [0.25, 0.3) is 5.91 Å². The Morgan fingerprint density at radius 2 is 1.82 bits per heavy atom. The topological polar surface area (TPSA) is 63.2 Å². The molecule has 0 saturated carbocycles. The molecule has 1 aliphatic heterocycles. The summed E-state index contributed by atoms with van der Waals surface area (Å²) in [5, 5.41) is 0. The van der Waals surface area contributed by atoms with Crippen LogP contribution < -0.4 is 4.72 Å². The number of nitrogens with one attached hydrogen (secondary N) is 1. The van der Waals surface area contributed by atoms with E-state index in [4.69, 9.17) is 0 Å². The molecule has 1 rings (SSSR count). The Bertz CT molecular complexity index is 276. The molecule has 0 aromatic carbocycles. The van der Waals surface area contributed by atoms with Crippen LogP contribution in [0.3, 0.4) is 0 Å². The van der Waals surface area contributed by atoms with E-state index in [0.717, 1.165) is 0 Å². The molecule has 0 bridgehead atoms. The van der Waals surface area contributed by atoms with Crippen molar-refractivity contribution in [2.75, 3.05) is 0 Å². The zero-order chi connectivity index (χ0) is 8.70. The van der Waals surface area contributed by atoms with Crippen molar-refractivity contribution in [3.8, 4) is 0 Å². The van der Waals surface area contributed by atoms with Gasteiger partial charge in [0.15, 0.2) is 4.75 Å². The van der Waals surface area contributed by atoms with Gasteiger partial charge in [-0.1, -0.05) is 13.8 Å². The SMILES string of the molecule is CCC1(CC)C(=O)NS1(=O)=O. The Labute approximate surface area is 66.0 Å². The summed E-state index contributed by atoms with van der Waals surface area (Å²) in [6.07, 6.45) is 0.718. The second-order valence-electron chi connectivity index (χ2n) is 2.64. The van der Waals surface area contributed by atoms with Crippen molar-refractivity contribution in [1.82, 2.24) is 4.72 Å². The number of sulfonamides is 1. The van der Waals surface area contributed by atoms with Gasteiger partial charge in [0.2, 0.25) is 10.0 Å². The van der Waals surface area contributed by atoms with Gasteiger partial charge in [-0.2, -0.15) is 0 Å². The Kier molecular flexibility index (Phi) is 1.70. The average molecular weight is 177 g/mol. The van der Waals surface area contributed by atoms with E-state index in [1.54, 1.807) is 13.8 Å². The minimum atomic E-state index is -3.33. The van der Waals surface area contributed by atoms with E-state index >= 15 is 0 Å². The largest absolute Gasteiger partial charge is 0.272 e. The van der Waals surface area contributed by atoms with Crippen molar-refractivity contribution >= 4 is 15.9 Å². The van der Waals surface area contributed by atoms with Crippen LogP contribution in [0.15, 0.2) is 0 Å². The summed E-state index contributed by atoms with van der Waals surface area (Å²) in [7, 11) is -3.33. The molecule has 5 heteroatoms. The van der Waals surface area contributed by atoms with Crippen LogP contribution in [-0.4, -0.2) is 19.1 Å². The first kappa shape index (κ1) is 8.52. The molecular weight excluding hydrogens is 166 g/mol. The van der Waals surface area contributed by atoms with E-state index in [2.05, 4.69) is 0 Å². The molecule has 0 aromatic rings. The summed E-state index contributed by atoms with van der Waals surface area (Å²) in [5.74, 6) is -0.359. The predicted octanol–water partition coefficient (Wildman–Crippen LogP) is 0.00480. The normalized spacial score (nSPS) is 25.5. The highest BCUT2D eigenvalue weighted by Crippen LogP contribution is 2.32. The van der Waals surface area contributed by atoms with Gasteiger partial charge in [-0.05, 0) is 12.8 Å². The molecule has 1 N–H and O–H groups in total. The molecule has 0 atom stereocenters. The lowest BCUT2D eigenvalue weighted by Gasteiger charge is -2.37. The third kappa shape index (κ3) is 0.803. The Hall–Kier alpha value is -0.580. The van der Waals surface area contributed by atoms with Crippen LogP contribution in [0.1, 0.15) is 26.7 Å². The number of carbonyl (C=O) groups excluding carboxylic acids is 1. The van der Waals surface area contributed by atoms with E-state index in [1.165, 1.54) is 0 Å². The molecule has 4 nitrogen and oxygen atoms in total.